The van der Waals surface area contributed by atoms with Crippen LogP contribution in [0.15, 0.2) is 12.3 Å². The van der Waals surface area contributed by atoms with Crippen molar-refractivity contribution >= 4 is 9.84 Å². The fourth-order valence-corrected chi connectivity index (χ4v) is 4.18. The first-order valence-electron chi connectivity index (χ1n) is 5.74. The Bertz CT molecular complexity index is 590. The molecule has 0 N–H and O–H groups in total. The first-order valence-corrected chi connectivity index (χ1v) is 7.45. The van der Waals surface area contributed by atoms with Crippen LogP contribution in [0, 0.1) is 11.3 Å². The van der Waals surface area contributed by atoms with Gasteiger partial charge in [-0.2, -0.15) is 5.26 Å². The largest absolute Gasteiger partial charge is 0.480 e. The highest BCUT2D eigenvalue weighted by Crippen LogP contribution is 2.34. The van der Waals surface area contributed by atoms with Crippen LogP contribution in [0.3, 0.4) is 0 Å². The number of sulfone groups is 1. The summed E-state index contributed by atoms with van der Waals surface area (Å²) in [5, 5.41) is 8.45. The van der Waals surface area contributed by atoms with Crippen LogP contribution in [-0.2, 0) is 9.84 Å². The van der Waals surface area contributed by atoms with Gasteiger partial charge >= 0.3 is 0 Å². The third-order valence-electron chi connectivity index (χ3n) is 3.14. The van der Waals surface area contributed by atoms with Gasteiger partial charge in [0.1, 0.15) is 11.6 Å². The molecule has 1 atom stereocenters. The maximum absolute atomic E-state index is 12.0. The molecule has 1 aromatic rings. The van der Waals surface area contributed by atoms with Crippen LogP contribution in [-0.4, -0.2) is 26.3 Å². The zero-order valence-electron chi connectivity index (χ0n) is 10.1. The lowest BCUT2D eigenvalue weighted by molar-refractivity contribution is 0.396. The Balaban J connectivity index is 2.43. The van der Waals surface area contributed by atoms with Crippen LogP contribution >= 0.6 is 0 Å². The monoisotopic (exact) mass is 266 g/mol. The molecule has 0 spiro atoms. The zero-order valence-corrected chi connectivity index (χ0v) is 10.9. The number of ether oxygens (including phenoxy) is 1. The molecule has 18 heavy (non-hydrogen) atoms. The molecule has 0 bridgehead atoms. The second-order valence-electron chi connectivity index (χ2n) is 4.29. The lowest BCUT2D eigenvalue weighted by Gasteiger charge is -2.22. The van der Waals surface area contributed by atoms with Crippen LogP contribution in [0.25, 0.3) is 0 Å². The Morgan fingerprint density at radius 1 is 1.50 bits per heavy atom. The summed E-state index contributed by atoms with van der Waals surface area (Å²) in [6.07, 6.45) is 3.69. The molecule has 0 saturated carbocycles. The molecule has 2 heterocycles. The fourth-order valence-electron chi connectivity index (χ4n) is 2.22. The third-order valence-corrected chi connectivity index (χ3v) is 5.37. The van der Waals surface area contributed by atoms with Gasteiger partial charge in [0, 0.05) is 6.20 Å². The molecule has 0 radical (unpaired) electrons. The summed E-state index contributed by atoms with van der Waals surface area (Å²) >= 11 is 0. The van der Waals surface area contributed by atoms with Crippen LogP contribution in [0.2, 0.25) is 0 Å². The van der Waals surface area contributed by atoms with Gasteiger partial charge in [-0.05, 0) is 24.5 Å². The molecular formula is C12H14N2O3S. The van der Waals surface area contributed by atoms with E-state index < -0.39 is 15.1 Å². The quantitative estimate of drug-likeness (QED) is 0.812. The summed E-state index contributed by atoms with van der Waals surface area (Å²) in [5.41, 5.74) is 0.864. The Kier molecular flexibility index (Phi) is 3.53. The first kappa shape index (κ1) is 12.8. The van der Waals surface area contributed by atoms with Crippen LogP contribution in [0.1, 0.15) is 35.6 Å². The van der Waals surface area contributed by atoms with E-state index >= 15 is 0 Å². The second kappa shape index (κ2) is 4.94. The standard InChI is InChI=1S/C12H14N2O3S/c1-17-12-9(7-13)6-10(8-14-12)11-4-2-3-5-18(11,15)16/h6,8,11H,2-5H2,1H3. The normalized spacial score (nSPS) is 22.1. The van der Waals surface area contributed by atoms with Gasteiger partial charge in [-0.1, -0.05) is 6.42 Å². The average molecular weight is 266 g/mol. The Morgan fingerprint density at radius 3 is 2.89 bits per heavy atom. The van der Waals surface area contributed by atoms with Gasteiger partial charge in [0.15, 0.2) is 9.84 Å². The Labute approximate surface area is 106 Å². The van der Waals surface area contributed by atoms with Crippen molar-refractivity contribution in [1.29, 1.82) is 5.26 Å². The number of methoxy groups -OCH3 is 1. The first-order chi connectivity index (χ1) is 8.58. The van der Waals surface area contributed by atoms with Crippen molar-refractivity contribution in [3.8, 4) is 11.9 Å². The molecule has 1 saturated heterocycles. The summed E-state index contributed by atoms with van der Waals surface area (Å²) in [7, 11) is -1.68. The van der Waals surface area contributed by atoms with E-state index in [4.69, 9.17) is 10.00 Å². The topological polar surface area (TPSA) is 80.0 Å². The van der Waals surface area contributed by atoms with E-state index in [1.54, 1.807) is 6.07 Å². The average Bonchev–Trinajstić information content (AvgIpc) is 2.37. The van der Waals surface area contributed by atoms with Gasteiger partial charge in [0.2, 0.25) is 5.88 Å². The van der Waals surface area contributed by atoms with Crippen molar-refractivity contribution in [1.82, 2.24) is 4.98 Å². The molecule has 1 aliphatic heterocycles. The van der Waals surface area contributed by atoms with Gasteiger partial charge in [-0.3, -0.25) is 0 Å². The third kappa shape index (κ3) is 2.31. The molecule has 5 nitrogen and oxygen atoms in total. The van der Waals surface area contributed by atoms with Crippen molar-refractivity contribution < 1.29 is 13.2 Å². The molecule has 1 unspecified atom stereocenters. The molecule has 0 aromatic carbocycles. The highest BCUT2D eigenvalue weighted by atomic mass is 32.2. The van der Waals surface area contributed by atoms with Crippen molar-refractivity contribution in [2.24, 2.45) is 0 Å². The van der Waals surface area contributed by atoms with E-state index in [0.29, 0.717) is 18.4 Å². The summed E-state index contributed by atoms with van der Waals surface area (Å²) in [6.45, 7) is 0. The minimum atomic E-state index is -3.11. The maximum atomic E-state index is 12.0. The Morgan fingerprint density at radius 2 is 2.28 bits per heavy atom. The summed E-state index contributed by atoms with van der Waals surface area (Å²) < 4.78 is 28.9. The predicted molar refractivity (Wildman–Crippen MR) is 65.9 cm³/mol. The van der Waals surface area contributed by atoms with E-state index in [1.165, 1.54) is 13.3 Å². The van der Waals surface area contributed by atoms with Crippen molar-refractivity contribution in [2.45, 2.75) is 24.5 Å². The second-order valence-corrected chi connectivity index (χ2v) is 6.59. The van der Waals surface area contributed by atoms with Crippen molar-refractivity contribution in [2.75, 3.05) is 12.9 Å². The molecule has 2 rings (SSSR count). The number of hydrogen-bond donors (Lipinski definition) is 0. The van der Waals surface area contributed by atoms with Crippen LogP contribution < -0.4 is 4.74 Å². The highest BCUT2D eigenvalue weighted by molar-refractivity contribution is 7.91. The van der Waals surface area contributed by atoms with Crippen molar-refractivity contribution in [3.63, 3.8) is 0 Å². The van der Waals surface area contributed by atoms with E-state index in [2.05, 4.69) is 4.98 Å². The molecule has 96 valence electrons. The zero-order chi connectivity index (χ0) is 13.2. The number of hydrogen-bond acceptors (Lipinski definition) is 5. The van der Waals surface area contributed by atoms with E-state index in [9.17, 15) is 8.42 Å². The van der Waals surface area contributed by atoms with Gasteiger partial charge in [0.25, 0.3) is 0 Å². The van der Waals surface area contributed by atoms with Gasteiger partial charge < -0.3 is 4.74 Å². The predicted octanol–water partition coefficient (Wildman–Crippen LogP) is 1.60. The molecule has 1 fully saturated rings. The lowest BCUT2D eigenvalue weighted by atomic mass is 10.1. The Hall–Kier alpha value is -1.61. The minimum absolute atomic E-state index is 0.214. The summed E-state index contributed by atoms with van der Waals surface area (Å²) in [4.78, 5) is 4.00. The number of rotatable bonds is 2. The summed E-state index contributed by atoms with van der Waals surface area (Å²) in [5.74, 6) is 0.445. The lowest BCUT2D eigenvalue weighted by Crippen LogP contribution is -2.21. The highest BCUT2D eigenvalue weighted by Gasteiger charge is 2.30. The van der Waals surface area contributed by atoms with E-state index in [1.807, 2.05) is 6.07 Å². The van der Waals surface area contributed by atoms with Crippen LogP contribution in [0.4, 0.5) is 0 Å². The smallest absolute Gasteiger partial charge is 0.231 e. The van der Waals surface area contributed by atoms with Gasteiger partial charge in [-0.25, -0.2) is 13.4 Å². The molecule has 1 aromatic heterocycles. The van der Waals surface area contributed by atoms with Gasteiger partial charge in [-0.15, -0.1) is 0 Å². The summed E-state index contributed by atoms with van der Waals surface area (Å²) in [6, 6.07) is 3.54. The maximum Gasteiger partial charge on any atom is 0.231 e. The fraction of sp³-hybridized carbons (Fsp3) is 0.500. The van der Waals surface area contributed by atoms with Crippen LogP contribution in [0.5, 0.6) is 5.88 Å². The van der Waals surface area contributed by atoms with E-state index in [0.717, 1.165) is 6.42 Å². The van der Waals surface area contributed by atoms with Crippen molar-refractivity contribution in [3.05, 3.63) is 23.4 Å². The number of nitrogens with zero attached hydrogens (tertiary/aromatic N) is 2. The van der Waals surface area contributed by atoms with E-state index in [-0.39, 0.29) is 17.2 Å². The molecule has 0 aliphatic carbocycles. The minimum Gasteiger partial charge on any atom is -0.480 e. The van der Waals surface area contributed by atoms with Gasteiger partial charge in [0.05, 0.1) is 18.1 Å². The SMILES string of the molecule is COc1ncc(C2CCCCS2(=O)=O)cc1C#N. The molecular weight excluding hydrogens is 252 g/mol. The number of nitriles is 1. The molecule has 6 heteroatoms. The number of aromatic nitrogens is 1. The molecule has 1 aliphatic rings. The number of pyridine rings is 1. The molecule has 0 amide bonds.